The number of carbonyl (C=O) groups is 2. The van der Waals surface area contributed by atoms with Gasteiger partial charge < -0.3 is 15.0 Å². The molecule has 0 saturated heterocycles. The lowest BCUT2D eigenvalue weighted by molar-refractivity contribution is -0.126. The van der Waals surface area contributed by atoms with Gasteiger partial charge in [0.2, 0.25) is 11.8 Å². The summed E-state index contributed by atoms with van der Waals surface area (Å²) in [5.74, 6) is 0.231. The van der Waals surface area contributed by atoms with Crippen LogP contribution in [0.15, 0.2) is 54.6 Å². The molecule has 5 nitrogen and oxygen atoms in total. The zero-order valence-corrected chi connectivity index (χ0v) is 15.1. The number of hydrogen-bond acceptors (Lipinski definition) is 3. The number of benzene rings is 2. The van der Waals surface area contributed by atoms with Crippen LogP contribution in [-0.4, -0.2) is 25.5 Å². The first-order chi connectivity index (χ1) is 12.7. The molecule has 1 aliphatic rings. The summed E-state index contributed by atoms with van der Waals surface area (Å²) in [6.07, 6.45) is 0.611. The highest BCUT2D eigenvalue weighted by Gasteiger charge is 2.49. The van der Waals surface area contributed by atoms with Crippen LogP contribution < -0.4 is 15.0 Å². The lowest BCUT2D eigenvalue weighted by Gasteiger charge is -2.21. The van der Waals surface area contributed by atoms with E-state index in [0.29, 0.717) is 19.5 Å². The van der Waals surface area contributed by atoms with Crippen molar-refractivity contribution in [3.8, 4) is 5.75 Å². The minimum Gasteiger partial charge on any atom is -0.496 e. The van der Waals surface area contributed by atoms with Crippen molar-refractivity contribution in [1.82, 2.24) is 5.32 Å². The second-order valence-corrected chi connectivity index (χ2v) is 6.40. The Morgan fingerprint density at radius 2 is 1.77 bits per heavy atom. The van der Waals surface area contributed by atoms with Gasteiger partial charge in [0.25, 0.3) is 0 Å². The Hall–Kier alpha value is -2.82. The smallest absolute Gasteiger partial charge is 0.230 e. The highest BCUT2D eigenvalue weighted by atomic mass is 16.5. The molecule has 136 valence electrons. The molecule has 1 fully saturated rings. The van der Waals surface area contributed by atoms with Crippen LogP contribution in [0.1, 0.15) is 18.9 Å². The Balaban J connectivity index is 1.57. The molecule has 0 radical (unpaired) electrons. The standard InChI is InChI=1S/C21H24N2O3/c1-3-23(16-10-5-4-6-11-16)21(25)18-13-17(18)20(24)22-14-15-9-7-8-12-19(15)26-2/h4-12,17-18H,3,13-14H2,1-2H3,(H,22,24). The van der Waals surface area contributed by atoms with E-state index in [1.54, 1.807) is 12.0 Å². The fourth-order valence-corrected chi connectivity index (χ4v) is 3.19. The minimum absolute atomic E-state index is 0.0242. The summed E-state index contributed by atoms with van der Waals surface area (Å²) < 4.78 is 5.30. The molecular weight excluding hydrogens is 328 g/mol. The summed E-state index contributed by atoms with van der Waals surface area (Å²) in [6.45, 7) is 2.94. The van der Waals surface area contributed by atoms with Crippen molar-refractivity contribution < 1.29 is 14.3 Å². The second-order valence-electron chi connectivity index (χ2n) is 6.40. The molecular formula is C21H24N2O3. The van der Waals surface area contributed by atoms with Crippen LogP contribution in [0.2, 0.25) is 0 Å². The summed E-state index contributed by atoms with van der Waals surface area (Å²) in [5, 5.41) is 2.93. The van der Waals surface area contributed by atoms with Crippen molar-refractivity contribution in [2.75, 3.05) is 18.6 Å². The predicted octanol–water partition coefficient (Wildman–Crippen LogP) is 3.00. The molecule has 5 heteroatoms. The molecule has 2 unspecified atom stereocenters. The first-order valence-electron chi connectivity index (χ1n) is 8.91. The average Bonchev–Trinajstić information content (AvgIpc) is 3.48. The van der Waals surface area contributed by atoms with E-state index in [2.05, 4.69) is 5.32 Å². The number of hydrogen-bond donors (Lipinski definition) is 1. The molecule has 2 atom stereocenters. The van der Waals surface area contributed by atoms with Gasteiger partial charge in [-0.2, -0.15) is 0 Å². The molecule has 1 N–H and O–H groups in total. The number of anilines is 1. The fraction of sp³-hybridized carbons (Fsp3) is 0.333. The fourth-order valence-electron chi connectivity index (χ4n) is 3.19. The Morgan fingerprint density at radius 3 is 2.46 bits per heavy atom. The summed E-state index contributed by atoms with van der Waals surface area (Å²) in [7, 11) is 1.61. The molecule has 0 bridgehead atoms. The topological polar surface area (TPSA) is 58.6 Å². The van der Waals surface area contributed by atoms with Gasteiger partial charge in [0.1, 0.15) is 5.75 Å². The zero-order valence-electron chi connectivity index (χ0n) is 15.1. The normalized spacial score (nSPS) is 18.1. The van der Waals surface area contributed by atoms with E-state index in [-0.39, 0.29) is 23.7 Å². The van der Waals surface area contributed by atoms with E-state index in [0.717, 1.165) is 17.0 Å². The van der Waals surface area contributed by atoms with Crippen LogP contribution in [0.3, 0.4) is 0 Å². The van der Waals surface area contributed by atoms with Gasteiger partial charge in [-0.25, -0.2) is 0 Å². The molecule has 0 aromatic heterocycles. The van der Waals surface area contributed by atoms with Crippen molar-refractivity contribution in [2.45, 2.75) is 19.9 Å². The maximum absolute atomic E-state index is 12.8. The van der Waals surface area contributed by atoms with E-state index < -0.39 is 0 Å². The SMILES string of the molecule is CCN(C(=O)C1CC1C(=O)NCc1ccccc1OC)c1ccccc1. The lowest BCUT2D eigenvalue weighted by atomic mass is 10.2. The largest absolute Gasteiger partial charge is 0.496 e. The van der Waals surface area contributed by atoms with Crippen LogP contribution >= 0.6 is 0 Å². The maximum atomic E-state index is 12.8. The highest BCUT2D eigenvalue weighted by molar-refractivity contribution is 6.01. The van der Waals surface area contributed by atoms with Crippen LogP contribution in [0.4, 0.5) is 5.69 Å². The third-order valence-corrected chi connectivity index (χ3v) is 4.74. The molecule has 1 saturated carbocycles. The van der Waals surface area contributed by atoms with Gasteiger partial charge in [-0.1, -0.05) is 36.4 Å². The number of para-hydroxylation sites is 2. The van der Waals surface area contributed by atoms with E-state index in [1.807, 2.05) is 61.5 Å². The minimum atomic E-state index is -0.241. The predicted molar refractivity (Wildman–Crippen MR) is 101 cm³/mol. The number of amides is 2. The van der Waals surface area contributed by atoms with Crippen molar-refractivity contribution in [3.05, 3.63) is 60.2 Å². The number of methoxy groups -OCH3 is 1. The Bertz CT molecular complexity index is 776. The van der Waals surface area contributed by atoms with Crippen LogP contribution in [-0.2, 0) is 16.1 Å². The van der Waals surface area contributed by atoms with E-state index in [4.69, 9.17) is 4.74 Å². The van der Waals surface area contributed by atoms with E-state index in [9.17, 15) is 9.59 Å². The summed E-state index contributed by atoms with van der Waals surface area (Å²) >= 11 is 0. The number of nitrogens with zero attached hydrogens (tertiary/aromatic N) is 1. The van der Waals surface area contributed by atoms with Crippen molar-refractivity contribution in [1.29, 1.82) is 0 Å². The number of nitrogens with one attached hydrogen (secondary N) is 1. The molecule has 2 aromatic rings. The Morgan fingerprint density at radius 1 is 1.08 bits per heavy atom. The van der Waals surface area contributed by atoms with Gasteiger partial charge in [0.15, 0.2) is 0 Å². The highest BCUT2D eigenvalue weighted by Crippen LogP contribution is 2.41. The third-order valence-electron chi connectivity index (χ3n) is 4.74. The van der Waals surface area contributed by atoms with Gasteiger partial charge in [0, 0.05) is 24.3 Å². The van der Waals surface area contributed by atoms with Crippen molar-refractivity contribution in [2.24, 2.45) is 11.8 Å². The first-order valence-corrected chi connectivity index (χ1v) is 8.91. The third kappa shape index (κ3) is 3.87. The van der Waals surface area contributed by atoms with Crippen LogP contribution in [0.5, 0.6) is 5.75 Å². The van der Waals surface area contributed by atoms with Crippen LogP contribution in [0.25, 0.3) is 0 Å². The van der Waals surface area contributed by atoms with Gasteiger partial charge in [-0.3, -0.25) is 9.59 Å². The molecule has 1 aliphatic carbocycles. The molecule has 3 rings (SSSR count). The lowest BCUT2D eigenvalue weighted by Crippen LogP contribution is -2.34. The average molecular weight is 352 g/mol. The molecule has 2 aromatic carbocycles. The van der Waals surface area contributed by atoms with Gasteiger partial charge in [-0.15, -0.1) is 0 Å². The van der Waals surface area contributed by atoms with Gasteiger partial charge in [0.05, 0.1) is 18.9 Å². The number of carbonyl (C=O) groups excluding carboxylic acids is 2. The maximum Gasteiger partial charge on any atom is 0.230 e. The molecule has 0 aliphatic heterocycles. The van der Waals surface area contributed by atoms with Crippen molar-refractivity contribution in [3.63, 3.8) is 0 Å². The summed E-state index contributed by atoms with van der Waals surface area (Å²) in [6, 6.07) is 17.2. The summed E-state index contributed by atoms with van der Waals surface area (Å²) in [4.78, 5) is 26.9. The Kier molecular flexibility index (Phi) is 5.56. The van der Waals surface area contributed by atoms with E-state index in [1.165, 1.54) is 0 Å². The number of rotatable bonds is 7. The first kappa shape index (κ1) is 18.0. The number of ether oxygens (including phenoxy) is 1. The molecule has 2 amide bonds. The molecule has 0 heterocycles. The van der Waals surface area contributed by atoms with E-state index >= 15 is 0 Å². The van der Waals surface area contributed by atoms with Crippen LogP contribution in [0, 0.1) is 11.8 Å². The Labute approximate surface area is 154 Å². The summed E-state index contributed by atoms with van der Waals surface area (Å²) in [5.41, 5.74) is 1.80. The van der Waals surface area contributed by atoms with Gasteiger partial charge >= 0.3 is 0 Å². The monoisotopic (exact) mass is 352 g/mol. The molecule has 0 spiro atoms. The zero-order chi connectivity index (χ0) is 18.5. The van der Waals surface area contributed by atoms with Crippen molar-refractivity contribution >= 4 is 17.5 Å². The quantitative estimate of drug-likeness (QED) is 0.833. The molecule has 26 heavy (non-hydrogen) atoms. The van der Waals surface area contributed by atoms with Gasteiger partial charge in [-0.05, 0) is 31.5 Å². The second kappa shape index (κ2) is 8.04.